The van der Waals surface area contributed by atoms with Crippen LogP contribution in [0.25, 0.3) is 0 Å². The van der Waals surface area contributed by atoms with Crippen LogP contribution in [-0.2, 0) is 4.79 Å². The average molecular weight is 333 g/mol. The second-order valence-electron chi connectivity index (χ2n) is 5.40. The summed E-state index contributed by atoms with van der Waals surface area (Å²) in [5.74, 6) is 0.478. The molecule has 0 fully saturated rings. The maximum Gasteiger partial charge on any atom is 0.226 e. The third kappa shape index (κ3) is 4.89. The molecule has 0 spiro atoms. The van der Waals surface area contributed by atoms with E-state index in [9.17, 15) is 4.79 Å². The van der Waals surface area contributed by atoms with Gasteiger partial charge in [0.25, 0.3) is 0 Å². The van der Waals surface area contributed by atoms with Crippen molar-refractivity contribution in [1.29, 1.82) is 0 Å². The molecule has 1 amide bonds. The molecule has 2 aromatic carbocycles. The van der Waals surface area contributed by atoms with Crippen molar-refractivity contribution >= 4 is 28.9 Å². The lowest BCUT2D eigenvalue weighted by Gasteiger charge is -2.13. The van der Waals surface area contributed by atoms with Gasteiger partial charge in [-0.2, -0.15) is 0 Å². The van der Waals surface area contributed by atoms with Gasteiger partial charge in [-0.3, -0.25) is 4.79 Å². The standard InChI is InChI=1S/C18H21ClN2O2/c1-12-5-4-6-14(9-12)20-8-7-18(22)21-16-10-13(2)15(19)11-17(16)23-3/h4-6,9-11,20H,7-8H2,1-3H3,(H,21,22). The molecule has 0 atom stereocenters. The predicted molar refractivity (Wildman–Crippen MR) is 95.7 cm³/mol. The fourth-order valence-electron chi connectivity index (χ4n) is 2.22. The highest BCUT2D eigenvalue weighted by atomic mass is 35.5. The summed E-state index contributed by atoms with van der Waals surface area (Å²) >= 11 is 6.06. The molecule has 0 aliphatic heterocycles. The second kappa shape index (κ2) is 7.88. The van der Waals surface area contributed by atoms with Gasteiger partial charge in [0.1, 0.15) is 5.75 Å². The van der Waals surface area contributed by atoms with Gasteiger partial charge in [0.05, 0.1) is 12.8 Å². The van der Waals surface area contributed by atoms with Gasteiger partial charge in [-0.05, 0) is 43.2 Å². The lowest BCUT2D eigenvalue weighted by molar-refractivity contribution is -0.115. The van der Waals surface area contributed by atoms with Gasteiger partial charge < -0.3 is 15.4 Å². The van der Waals surface area contributed by atoms with Crippen LogP contribution in [0.3, 0.4) is 0 Å². The molecule has 0 aromatic heterocycles. The fraction of sp³-hybridized carbons (Fsp3) is 0.278. The fourth-order valence-corrected chi connectivity index (χ4v) is 2.37. The minimum absolute atomic E-state index is 0.0785. The van der Waals surface area contributed by atoms with Crippen molar-refractivity contribution < 1.29 is 9.53 Å². The normalized spacial score (nSPS) is 10.3. The largest absolute Gasteiger partial charge is 0.495 e. The molecule has 5 heteroatoms. The minimum Gasteiger partial charge on any atom is -0.495 e. The van der Waals surface area contributed by atoms with Gasteiger partial charge in [0, 0.05) is 29.7 Å². The first kappa shape index (κ1) is 17.2. The van der Waals surface area contributed by atoms with Gasteiger partial charge in [-0.15, -0.1) is 0 Å². The van der Waals surface area contributed by atoms with Crippen molar-refractivity contribution in [2.75, 3.05) is 24.3 Å². The van der Waals surface area contributed by atoms with Gasteiger partial charge in [0.15, 0.2) is 0 Å². The molecular formula is C18H21ClN2O2. The van der Waals surface area contributed by atoms with E-state index in [1.54, 1.807) is 13.2 Å². The molecular weight excluding hydrogens is 312 g/mol. The van der Waals surface area contributed by atoms with Gasteiger partial charge in [0.2, 0.25) is 5.91 Å². The van der Waals surface area contributed by atoms with E-state index in [0.717, 1.165) is 11.3 Å². The Balaban J connectivity index is 1.91. The number of methoxy groups -OCH3 is 1. The van der Waals surface area contributed by atoms with E-state index in [-0.39, 0.29) is 5.91 Å². The highest BCUT2D eigenvalue weighted by Crippen LogP contribution is 2.30. The number of benzene rings is 2. The molecule has 122 valence electrons. The van der Waals surface area contributed by atoms with E-state index < -0.39 is 0 Å². The Morgan fingerprint density at radius 3 is 2.70 bits per heavy atom. The van der Waals surface area contributed by atoms with Crippen molar-refractivity contribution in [3.05, 3.63) is 52.5 Å². The molecule has 2 rings (SSSR count). The number of hydrogen-bond acceptors (Lipinski definition) is 3. The lowest BCUT2D eigenvalue weighted by atomic mass is 10.2. The molecule has 0 bridgehead atoms. The molecule has 0 aliphatic rings. The molecule has 0 unspecified atom stereocenters. The highest BCUT2D eigenvalue weighted by molar-refractivity contribution is 6.31. The van der Waals surface area contributed by atoms with Gasteiger partial charge >= 0.3 is 0 Å². The Morgan fingerprint density at radius 2 is 2.00 bits per heavy atom. The molecule has 4 nitrogen and oxygen atoms in total. The molecule has 2 N–H and O–H groups in total. The summed E-state index contributed by atoms with van der Waals surface area (Å²) < 4.78 is 5.25. The zero-order chi connectivity index (χ0) is 16.8. The highest BCUT2D eigenvalue weighted by Gasteiger charge is 2.10. The predicted octanol–water partition coefficient (Wildman–Crippen LogP) is 4.41. The maximum atomic E-state index is 12.1. The van der Waals surface area contributed by atoms with Crippen LogP contribution in [0.15, 0.2) is 36.4 Å². The zero-order valence-corrected chi connectivity index (χ0v) is 14.3. The number of hydrogen-bond donors (Lipinski definition) is 2. The van der Waals surface area contributed by atoms with Crippen molar-refractivity contribution in [3.63, 3.8) is 0 Å². The lowest BCUT2D eigenvalue weighted by Crippen LogP contribution is -2.16. The average Bonchev–Trinajstić information content (AvgIpc) is 2.50. The number of amides is 1. The van der Waals surface area contributed by atoms with E-state index >= 15 is 0 Å². The summed E-state index contributed by atoms with van der Waals surface area (Å²) in [5, 5.41) is 6.71. The third-order valence-electron chi connectivity index (χ3n) is 3.45. The first-order valence-corrected chi connectivity index (χ1v) is 7.82. The first-order valence-electron chi connectivity index (χ1n) is 7.44. The third-order valence-corrected chi connectivity index (χ3v) is 3.86. The summed E-state index contributed by atoms with van der Waals surface area (Å²) in [5.41, 5.74) is 3.72. The number of anilines is 2. The van der Waals surface area contributed by atoms with Gasteiger partial charge in [-0.25, -0.2) is 0 Å². The number of carbonyl (C=O) groups is 1. The molecule has 0 saturated heterocycles. The molecule has 23 heavy (non-hydrogen) atoms. The van der Waals surface area contributed by atoms with Crippen LogP contribution in [0.4, 0.5) is 11.4 Å². The summed E-state index contributed by atoms with van der Waals surface area (Å²) in [6.45, 7) is 4.48. The SMILES string of the molecule is COc1cc(Cl)c(C)cc1NC(=O)CCNc1cccc(C)c1. The summed E-state index contributed by atoms with van der Waals surface area (Å²) in [6, 6.07) is 11.6. The summed E-state index contributed by atoms with van der Waals surface area (Å²) in [4.78, 5) is 12.1. The van der Waals surface area contributed by atoms with Crippen LogP contribution in [0.2, 0.25) is 5.02 Å². The van der Waals surface area contributed by atoms with E-state index in [1.165, 1.54) is 5.56 Å². The summed E-state index contributed by atoms with van der Waals surface area (Å²) in [6.07, 6.45) is 0.360. The summed E-state index contributed by atoms with van der Waals surface area (Å²) in [7, 11) is 1.55. The van der Waals surface area contributed by atoms with Crippen molar-refractivity contribution in [3.8, 4) is 5.75 Å². The molecule has 0 heterocycles. The monoisotopic (exact) mass is 332 g/mol. The Kier molecular flexibility index (Phi) is 5.88. The van der Waals surface area contributed by atoms with Crippen LogP contribution in [0, 0.1) is 13.8 Å². The first-order chi connectivity index (χ1) is 11.0. The quantitative estimate of drug-likeness (QED) is 0.824. The van der Waals surface area contributed by atoms with Crippen molar-refractivity contribution in [1.82, 2.24) is 0 Å². The Labute approximate surface area is 141 Å². The Hall–Kier alpha value is -2.20. The molecule has 2 aromatic rings. The number of aryl methyl sites for hydroxylation is 2. The van der Waals surface area contributed by atoms with Gasteiger partial charge in [-0.1, -0.05) is 23.7 Å². The van der Waals surface area contributed by atoms with Crippen molar-refractivity contribution in [2.45, 2.75) is 20.3 Å². The number of halogens is 1. The van der Waals surface area contributed by atoms with E-state index in [2.05, 4.69) is 10.6 Å². The number of nitrogens with one attached hydrogen (secondary N) is 2. The van der Waals surface area contributed by atoms with Crippen LogP contribution in [-0.4, -0.2) is 19.6 Å². The Morgan fingerprint density at radius 1 is 1.22 bits per heavy atom. The molecule has 0 radical (unpaired) electrons. The second-order valence-corrected chi connectivity index (χ2v) is 5.80. The van der Waals surface area contributed by atoms with Crippen LogP contribution in [0.5, 0.6) is 5.75 Å². The molecule has 0 aliphatic carbocycles. The smallest absolute Gasteiger partial charge is 0.226 e. The van der Waals surface area contributed by atoms with Crippen LogP contribution in [0.1, 0.15) is 17.5 Å². The zero-order valence-electron chi connectivity index (χ0n) is 13.6. The van der Waals surface area contributed by atoms with Crippen molar-refractivity contribution in [2.24, 2.45) is 0 Å². The number of rotatable bonds is 6. The maximum absolute atomic E-state index is 12.1. The van der Waals surface area contributed by atoms with Crippen LogP contribution < -0.4 is 15.4 Å². The number of carbonyl (C=O) groups excluding carboxylic acids is 1. The van der Waals surface area contributed by atoms with Crippen LogP contribution >= 0.6 is 11.6 Å². The Bertz CT molecular complexity index is 701. The van der Waals surface area contributed by atoms with E-state index in [1.807, 2.05) is 44.2 Å². The number of ether oxygens (including phenoxy) is 1. The van der Waals surface area contributed by atoms with E-state index in [4.69, 9.17) is 16.3 Å². The molecule has 0 saturated carbocycles. The van der Waals surface area contributed by atoms with E-state index in [0.29, 0.717) is 29.4 Å². The topological polar surface area (TPSA) is 50.4 Å². The minimum atomic E-state index is -0.0785.